The Morgan fingerprint density at radius 1 is 1.16 bits per heavy atom. The van der Waals surface area contributed by atoms with Gasteiger partial charge in [0.25, 0.3) is 0 Å². The van der Waals surface area contributed by atoms with Gasteiger partial charge in [-0.2, -0.15) is 5.26 Å². The fraction of sp³-hybridized carbons (Fsp3) is 0.214. The van der Waals surface area contributed by atoms with Gasteiger partial charge in [-0.3, -0.25) is 4.79 Å². The Balaban J connectivity index is 2.02. The van der Waals surface area contributed by atoms with Crippen LogP contribution in [-0.4, -0.2) is 11.8 Å². The average molecular weight is 253 g/mol. The summed E-state index contributed by atoms with van der Waals surface area (Å²) in [6.07, 6.45) is 1.04. The average Bonchev–Trinajstić information content (AvgIpc) is 2.79. The van der Waals surface area contributed by atoms with E-state index >= 15 is 0 Å². The lowest BCUT2D eigenvalue weighted by Gasteiger charge is -2.26. The van der Waals surface area contributed by atoms with Crippen LogP contribution in [0.5, 0.6) is 0 Å². The first-order valence-corrected chi connectivity index (χ1v) is 6.03. The highest BCUT2D eigenvalue weighted by molar-refractivity contribution is 6.02. The van der Waals surface area contributed by atoms with Crippen molar-refractivity contribution in [1.82, 2.24) is 10.6 Å². The van der Waals surface area contributed by atoms with E-state index in [1.807, 2.05) is 6.07 Å². The second kappa shape index (κ2) is 4.25. The van der Waals surface area contributed by atoms with Crippen LogP contribution in [0.4, 0.5) is 4.79 Å². The number of allylic oxidation sites excluding steroid dienone is 1. The van der Waals surface area contributed by atoms with Crippen molar-refractivity contribution in [3.63, 3.8) is 0 Å². The summed E-state index contributed by atoms with van der Waals surface area (Å²) in [4.78, 5) is 23.5. The normalized spacial score (nSPS) is 21.5. The maximum Gasteiger partial charge on any atom is 0.319 e. The van der Waals surface area contributed by atoms with Gasteiger partial charge in [-0.05, 0) is 24.1 Å². The fourth-order valence-electron chi connectivity index (χ4n) is 2.52. The number of carbonyl (C=O) groups excluding carboxylic acids is 2. The van der Waals surface area contributed by atoms with Crippen molar-refractivity contribution in [2.24, 2.45) is 0 Å². The number of hydrogen-bond donors (Lipinski definition) is 2. The zero-order chi connectivity index (χ0) is 13.4. The summed E-state index contributed by atoms with van der Waals surface area (Å²) in [6.45, 7) is 0. The molecular weight excluding hydrogens is 242 g/mol. The van der Waals surface area contributed by atoms with Crippen LogP contribution in [0.15, 0.2) is 35.5 Å². The third kappa shape index (κ3) is 1.87. The van der Waals surface area contributed by atoms with Gasteiger partial charge in [0, 0.05) is 17.7 Å². The minimum Gasteiger partial charge on any atom is -0.327 e. The summed E-state index contributed by atoms with van der Waals surface area (Å²) in [5, 5.41) is 14.2. The molecule has 2 amide bonds. The molecule has 2 aliphatic rings. The molecule has 1 aliphatic carbocycles. The van der Waals surface area contributed by atoms with Gasteiger partial charge >= 0.3 is 6.03 Å². The minimum atomic E-state index is -0.411. The lowest BCUT2D eigenvalue weighted by Crippen LogP contribution is -2.43. The van der Waals surface area contributed by atoms with Crippen LogP contribution in [0.1, 0.15) is 30.0 Å². The first kappa shape index (κ1) is 11.5. The molecule has 0 radical (unpaired) electrons. The molecule has 1 unspecified atom stereocenters. The highest BCUT2D eigenvalue weighted by atomic mass is 16.2. The van der Waals surface area contributed by atoms with Crippen molar-refractivity contribution in [2.45, 2.75) is 18.9 Å². The number of benzene rings is 1. The highest BCUT2D eigenvalue weighted by Gasteiger charge is 2.35. The van der Waals surface area contributed by atoms with Crippen LogP contribution in [0.25, 0.3) is 0 Å². The van der Waals surface area contributed by atoms with Crippen molar-refractivity contribution < 1.29 is 9.59 Å². The van der Waals surface area contributed by atoms with Crippen LogP contribution in [0.2, 0.25) is 0 Å². The van der Waals surface area contributed by atoms with Gasteiger partial charge in [-0.15, -0.1) is 0 Å². The van der Waals surface area contributed by atoms with Gasteiger partial charge in [0.2, 0.25) is 0 Å². The molecule has 0 fully saturated rings. The van der Waals surface area contributed by atoms with Gasteiger partial charge < -0.3 is 10.6 Å². The first-order chi connectivity index (χ1) is 9.19. The molecule has 0 saturated carbocycles. The molecule has 5 heteroatoms. The molecule has 94 valence electrons. The molecule has 0 spiro atoms. The van der Waals surface area contributed by atoms with Crippen molar-refractivity contribution in [3.05, 3.63) is 46.7 Å². The van der Waals surface area contributed by atoms with E-state index in [4.69, 9.17) is 5.26 Å². The van der Waals surface area contributed by atoms with Crippen LogP contribution in [0, 0.1) is 11.3 Å². The first-order valence-electron chi connectivity index (χ1n) is 6.03. The van der Waals surface area contributed by atoms with E-state index in [2.05, 4.69) is 10.6 Å². The number of nitriles is 1. The van der Waals surface area contributed by atoms with Crippen LogP contribution < -0.4 is 10.6 Å². The molecule has 0 saturated heterocycles. The number of Topliss-reactive ketones (excluding diaryl/α,β-unsaturated/α-hetero) is 1. The molecule has 1 aliphatic heterocycles. The Kier molecular flexibility index (Phi) is 2.57. The SMILES string of the molecule is N#Cc1ccc(C2NC(=O)NC3=C2C(=O)CC3)cc1. The van der Waals surface area contributed by atoms with E-state index in [0.29, 0.717) is 24.0 Å². The standard InChI is InChI=1S/C14H11N3O2/c15-7-8-1-3-9(4-2-8)13-12-10(5-6-11(12)18)16-14(19)17-13/h1-4,13H,5-6H2,(H2,16,17,19). The number of urea groups is 1. The summed E-state index contributed by atoms with van der Waals surface area (Å²) in [6, 6.07) is 8.25. The molecule has 2 N–H and O–H groups in total. The number of nitrogens with zero attached hydrogens (tertiary/aromatic N) is 1. The zero-order valence-corrected chi connectivity index (χ0v) is 10.1. The second-order valence-electron chi connectivity index (χ2n) is 4.58. The largest absolute Gasteiger partial charge is 0.327 e. The molecule has 1 heterocycles. The number of amides is 2. The van der Waals surface area contributed by atoms with Gasteiger partial charge in [0.15, 0.2) is 5.78 Å². The lowest BCUT2D eigenvalue weighted by molar-refractivity contribution is -0.115. The molecule has 19 heavy (non-hydrogen) atoms. The summed E-state index contributed by atoms with van der Waals surface area (Å²) in [5.41, 5.74) is 2.74. The molecule has 5 nitrogen and oxygen atoms in total. The molecule has 0 bridgehead atoms. The van der Waals surface area contributed by atoms with E-state index < -0.39 is 6.04 Å². The Morgan fingerprint density at radius 3 is 2.58 bits per heavy atom. The van der Waals surface area contributed by atoms with Gasteiger partial charge in [0.1, 0.15) is 0 Å². The quantitative estimate of drug-likeness (QED) is 0.796. The maximum atomic E-state index is 11.9. The summed E-state index contributed by atoms with van der Waals surface area (Å²) < 4.78 is 0. The van der Waals surface area contributed by atoms with Crippen LogP contribution in [-0.2, 0) is 4.79 Å². The molecule has 1 atom stereocenters. The topological polar surface area (TPSA) is 82.0 Å². The Morgan fingerprint density at radius 2 is 1.89 bits per heavy atom. The fourth-order valence-corrected chi connectivity index (χ4v) is 2.52. The Bertz CT molecular complexity index is 638. The van der Waals surface area contributed by atoms with Crippen LogP contribution >= 0.6 is 0 Å². The number of rotatable bonds is 1. The number of carbonyl (C=O) groups is 2. The van der Waals surface area contributed by atoms with Crippen molar-refractivity contribution >= 4 is 11.8 Å². The summed E-state index contributed by atoms with van der Waals surface area (Å²) >= 11 is 0. The molecular formula is C14H11N3O2. The van der Waals surface area contributed by atoms with E-state index in [0.717, 1.165) is 11.3 Å². The molecule has 1 aromatic rings. The maximum absolute atomic E-state index is 11.9. The van der Waals surface area contributed by atoms with Gasteiger partial charge in [0.05, 0.1) is 17.7 Å². The second-order valence-corrected chi connectivity index (χ2v) is 4.58. The van der Waals surface area contributed by atoms with E-state index in [-0.39, 0.29) is 11.8 Å². The number of ketones is 1. The number of nitrogens with one attached hydrogen (secondary N) is 2. The Labute approximate surface area is 109 Å². The summed E-state index contributed by atoms with van der Waals surface area (Å²) in [7, 11) is 0. The predicted octanol–water partition coefficient (Wildman–Crippen LogP) is 1.53. The number of hydrogen-bond acceptors (Lipinski definition) is 3. The molecule has 1 aromatic carbocycles. The predicted molar refractivity (Wildman–Crippen MR) is 66.8 cm³/mol. The minimum absolute atomic E-state index is 0.0665. The highest BCUT2D eigenvalue weighted by Crippen LogP contribution is 2.34. The van der Waals surface area contributed by atoms with Crippen molar-refractivity contribution in [3.8, 4) is 6.07 Å². The van der Waals surface area contributed by atoms with E-state index in [1.165, 1.54) is 0 Å². The molecule has 0 aromatic heterocycles. The molecule has 3 rings (SSSR count). The smallest absolute Gasteiger partial charge is 0.319 e. The summed E-state index contributed by atoms with van der Waals surface area (Å²) in [5.74, 6) is 0.0665. The Hall–Kier alpha value is -2.61. The lowest BCUT2D eigenvalue weighted by atomic mass is 9.95. The van der Waals surface area contributed by atoms with Crippen molar-refractivity contribution in [1.29, 1.82) is 5.26 Å². The van der Waals surface area contributed by atoms with Gasteiger partial charge in [-0.25, -0.2) is 4.79 Å². The van der Waals surface area contributed by atoms with E-state index in [1.54, 1.807) is 24.3 Å². The van der Waals surface area contributed by atoms with Crippen LogP contribution in [0.3, 0.4) is 0 Å². The van der Waals surface area contributed by atoms with Crippen molar-refractivity contribution in [2.75, 3.05) is 0 Å². The van der Waals surface area contributed by atoms with E-state index in [9.17, 15) is 9.59 Å². The van der Waals surface area contributed by atoms with Gasteiger partial charge in [-0.1, -0.05) is 12.1 Å². The monoisotopic (exact) mass is 253 g/mol. The zero-order valence-electron chi connectivity index (χ0n) is 10.1. The third-order valence-corrected chi connectivity index (χ3v) is 3.43. The third-order valence-electron chi connectivity index (χ3n) is 3.43.